The summed E-state index contributed by atoms with van der Waals surface area (Å²) < 4.78 is 5.52. The van der Waals surface area contributed by atoms with E-state index in [0.29, 0.717) is 12.1 Å². The van der Waals surface area contributed by atoms with Gasteiger partial charge in [-0.25, -0.2) is 4.98 Å². The Hall–Kier alpha value is -1.57. The first-order valence-electron chi connectivity index (χ1n) is 5.86. The lowest BCUT2D eigenvalue weighted by atomic mass is 10.1. The van der Waals surface area contributed by atoms with Crippen LogP contribution in [0.3, 0.4) is 0 Å². The van der Waals surface area contributed by atoms with Gasteiger partial charge in [-0.15, -0.1) is 6.42 Å². The van der Waals surface area contributed by atoms with Crippen molar-refractivity contribution in [3.63, 3.8) is 0 Å². The Morgan fingerprint density at radius 2 is 2.12 bits per heavy atom. The Kier molecular flexibility index (Phi) is 2.71. The number of ether oxygens (including phenoxy) is 1. The molecule has 3 heterocycles. The lowest BCUT2D eigenvalue weighted by Gasteiger charge is -2.42. The molecule has 1 aromatic rings. The monoisotopic (exact) mass is 229 g/mol. The number of anilines is 1. The molecule has 2 saturated heterocycles. The highest BCUT2D eigenvalue weighted by molar-refractivity contribution is 5.43. The zero-order valence-electron chi connectivity index (χ0n) is 9.60. The highest BCUT2D eigenvalue weighted by Crippen LogP contribution is 2.17. The summed E-state index contributed by atoms with van der Waals surface area (Å²) in [6, 6.07) is 4.77. The van der Waals surface area contributed by atoms with Crippen molar-refractivity contribution in [2.24, 2.45) is 0 Å². The molecule has 2 aliphatic rings. The third-order valence-corrected chi connectivity index (χ3v) is 3.23. The molecule has 0 spiro atoms. The first-order chi connectivity index (χ1) is 8.35. The third-order valence-electron chi connectivity index (χ3n) is 3.23. The van der Waals surface area contributed by atoms with Gasteiger partial charge in [0.1, 0.15) is 5.82 Å². The van der Waals surface area contributed by atoms with Crippen LogP contribution in [-0.2, 0) is 4.74 Å². The average molecular weight is 229 g/mol. The van der Waals surface area contributed by atoms with Crippen LogP contribution in [0, 0.1) is 12.3 Å². The summed E-state index contributed by atoms with van der Waals surface area (Å²) in [5.74, 6) is 3.59. The van der Waals surface area contributed by atoms with Crippen molar-refractivity contribution in [3.05, 3.63) is 23.9 Å². The van der Waals surface area contributed by atoms with Crippen LogP contribution < -0.4 is 10.2 Å². The summed E-state index contributed by atoms with van der Waals surface area (Å²) in [4.78, 5) is 6.72. The van der Waals surface area contributed by atoms with Gasteiger partial charge in [-0.1, -0.05) is 5.92 Å². The second kappa shape index (κ2) is 4.36. The number of hydrogen-bond acceptors (Lipinski definition) is 4. The molecule has 2 aliphatic heterocycles. The molecule has 2 unspecified atom stereocenters. The Bertz CT molecular complexity index is 425. The fourth-order valence-corrected chi connectivity index (χ4v) is 2.45. The number of terminal acetylenes is 1. The summed E-state index contributed by atoms with van der Waals surface area (Å²) in [5.41, 5.74) is 0.826. The minimum absolute atomic E-state index is 0.414. The summed E-state index contributed by atoms with van der Waals surface area (Å²) in [5, 5.41) is 3.55. The molecule has 2 fully saturated rings. The number of hydrogen-bond donors (Lipinski definition) is 1. The molecule has 2 atom stereocenters. The minimum atomic E-state index is 0.414. The van der Waals surface area contributed by atoms with E-state index >= 15 is 0 Å². The van der Waals surface area contributed by atoms with Gasteiger partial charge in [0.05, 0.1) is 13.2 Å². The van der Waals surface area contributed by atoms with Crippen LogP contribution in [0.25, 0.3) is 0 Å². The van der Waals surface area contributed by atoms with E-state index in [1.54, 1.807) is 6.20 Å². The maximum Gasteiger partial charge on any atom is 0.128 e. The van der Waals surface area contributed by atoms with E-state index in [1.165, 1.54) is 0 Å². The van der Waals surface area contributed by atoms with Crippen LogP contribution in [-0.4, -0.2) is 43.4 Å². The predicted molar refractivity (Wildman–Crippen MR) is 65.9 cm³/mol. The normalized spacial score (nSPS) is 27.6. The van der Waals surface area contributed by atoms with Gasteiger partial charge in [0.15, 0.2) is 0 Å². The molecule has 17 heavy (non-hydrogen) atoms. The van der Waals surface area contributed by atoms with Crippen LogP contribution in [0.2, 0.25) is 0 Å². The summed E-state index contributed by atoms with van der Waals surface area (Å²) in [6.45, 7) is 3.46. The van der Waals surface area contributed by atoms with Crippen molar-refractivity contribution in [2.45, 2.75) is 12.1 Å². The lowest BCUT2D eigenvalue weighted by Crippen LogP contribution is -2.63. The van der Waals surface area contributed by atoms with Crippen LogP contribution in [0.5, 0.6) is 0 Å². The van der Waals surface area contributed by atoms with Crippen molar-refractivity contribution < 1.29 is 4.74 Å². The quantitative estimate of drug-likeness (QED) is 0.700. The SMILES string of the molecule is C#Cc1ccc(N2CC3COCC(C2)N3)nc1. The number of rotatable bonds is 1. The molecule has 0 aliphatic carbocycles. The zero-order valence-corrected chi connectivity index (χ0v) is 9.60. The first kappa shape index (κ1) is 10.6. The van der Waals surface area contributed by atoms with Crippen LogP contribution >= 0.6 is 0 Å². The Morgan fingerprint density at radius 3 is 2.71 bits per heavy atom. The van der Waals surface area contributed by atoms with Gasteiger partial charge in [0, 0.05) is 36.9 Å². The average Bonchev–Trinajstić information content (AvgIpc) is 2.38. The molecular formula is C13H15N3O. The molecule has 0 saturated carbocycles. The van der Waals surface area contributed by atoms with Crippen molar-refractivity contribution in [3.8, 4) is 12.3 Å². The van der Waals surface area contributed by atoms with Crippen molar-refractivity contribution >= 4 is 5.82 Å². The molecule has 0 aromatic carbocycles. The van der Waals surface area contributed by atoms with Gasteiger partial charge < -0.3 is 15.0 Å². The number of nitrogens with one attached hydrogen (secondary N) is 1. The van der Waals surface area contributed by atoms with Crippen LogP contribution in [0.4, 0.5) is 5.82 Å². The largest absolute Gasteiger partial charge is 0.378 e. The van der Waals surface area contributed by atoms with Crippen LogP contribution in [0.1, 0.15) is 5.56 Å². The van der Waals surface area contributed by atoms with Gasteiger partial charge in [-0.2, -0.15) is 0 Å². The highest BCUT2D eigenvalue weighted by Gasteiger charge is 2.30. The number of fused-ring (bicyclic) bond motifs is 2. The lowest BCUT2D eigenvalue weighted by molar-refractivity contribution is 0.0374. The number of morpholine rings is 1. The van der Waals surface area contributed by atoms with E-state index < -0.39 is 0 Å². The van der Waals surface area contributed by atoms with E-state index in [0.717, 1.165) is 37.7 Å². The molecule has 4 heteroatoms. The van der Waals surface area contributed by atoms with Crippen molar-refractivity contribution in [1.29, 1.82) is 0 Å². The van der Waals surface area contributed by atoms with Crippen LogP contribution in [0.15, 0.2) is 18.3 Å². The molecule has 0 amide bonds. The molecule has 1 aromatic heterocycles. The van der Waals surface area contributed by atoms with Crippen molar-refractivity contribution in [1.82, 2.24) is 10.3 Å². The highest BCUT2D eigenvalue weighted by atomic mass is 16.5. The van der Waals surface area contributed by atoms with E-state index in [-0.39, 0.29) is 0 Å². The maximum absolute atomic E-state index is 5.52. The number of piperazine rings is 1. The molecule has 3 rings (SSSR count). The minimum Gasteiger partial charge on any atom is -0.378 e. The Labute approximate surface area is 101 Å². The summed E-state index contributed by atoms with van der Waals surface area (Å²) in [7, 11) is 0. The van der Waals surface area contributed by atoms with E-state index in [9.17, 15) is 0 Å². The summed E-state index contributed by atoms with van der Waals surface area (Å²) >= 11 is 0. The standard InChI is InChI=1S/C13H15N3O/c1-2-10-3-4-13(14-5-10)16-6-11-8-17-9-12(7-16)15-11/h1,3-5,11-12,15H,6-9H2. The van der Waals surface area contributed by atoms with E-state index in [1.807, 2.05) is 12.1 Å². The zero-order chi connectivity index (χ0) is 11.7. The fourth-order valence-electron chi connectivity index (χ4n) is 2.45. The third kappa shape index (κ3) is 2.12. The Balaban J connectivity index is 1.77. The number of aromatic nitrogens is 1. The molecule has 0 radical (unpaired) electrons. The Morgan fingerprint density at radius 1 is 1.35 bits per heavy atom. The van der Waals surface area contributed by atoms with E-state index in [4.69, 9.17) is 11.2 Å². The topological polar surface area (TPSA) is 37.4 Å². The first-order valence-corrected chi connectivity index (χ1v) is 5.86. The van der Waals surface area contributed by atoms with Gasteiger partial charge in [-0.05, 0) is 12.1 Å². The maximum atomic E-state index is 5.52. The van der Waals surface area contributed by atoms with Gasteiger partial charge in [0.2, 0.25) is 0 Å². The second-order valence-corrected chi connectivity index (χ2v) is 4.55. The predicted octanol–water partition coefficient (Wildman–Crippen LogP) is 0.240. The van der Waals surface area contributed by atoms with Gasteiger partial charge >= 0.3 is 0 Å². The molecule has 4 nitrogen and oxygen atoms in total. The van der Waals surface area contributed by atoms with Gasteiger partial charge in [0.25, 0.3) is 0 Å². The summed E-state index contributed by atoms with van der Waals surface area (Å²) in [6.07, 6.45) is 7.08. The van der Waals surface area contributed by atoms with Gasteiger partial charge in [-0.3, -0.25) is 0 Å². The smallest absolute Gasteiger partial charge is 0.128 e. The number of pyridine rings is 1. The van der Waals surface area contributed by atoms with Crippen molar-refractivity contribution in [2.75, 3.05) is 31.2 Å². The number of nitrogens with zero attached hydrogens (tertiary/aromatic N) is 2. The molecule has 88 valence electrons. The van der Waals surface area contributed by atoms with E-state index in [2.05, 4.69) is 21.1 Å². The molecular weight excluding hydrogens is 214 g/mol. The molecule has 2 bridgehead atoms. The fraction of sp³-hybridized carbons (Fsp3) is 0.462. The second-order valence-electron chi connectivity index (χ2n) is 4.55. The molecule has 1 N–H and O–H groups in total.